The summed E-state index contributed by atoms with van der Waals surface area (Å²) < 4.78 is 0. The topological polar surface area (TPSA) is 0 Å². The summed E-state index contributed by atoms with van der Waals surface area (Å²) in [6.45, 7) is 22.9. The Morgan fingerprint density at radius 2 is 0.647 bits per heavy atom. The molecular formula is C17H40. The van der Waals surface area contributed by atoms with Crippen LogP contribution in [-0.4, -0.2) is 0 Å². The predicted octanol–water partition coefficient (Wildman–Crippen LogP) is 6.94. The van der Waals surface area contributed by atoms with Crippen LogP contribution in [-0.2, 0) is 0 Å². The van der Waals surface area contributed by atoms with Crippen LogP contribution in [0.25, 0.3) is 0 Å². The molecule has 0 spiro atoms. The molecule has 0 heteroatoms. The van der Waals surface area contributed by atoms with Gasteiger partial charge in [-0.05, 0) is 19.8 Å². The summed E-state index contributed by atoms with van der Waals surface area (Å²) >= 11 is 0. The molecule has 0 bridgehead atoms. The van der Waals surface area contributed by atoms with Gasteiger partial charge in [0.2, 0.25) is 0 Å². The maximum absolute atomic E-state index is 2.68. The summed E-state index contributed by atoms with van der Waals surface area (Å²) in [4.78, 5) is 0. The van der Waals surface area contributed by atoms with Gasteiger partial charge in [0.15, 0.2) is 0 Å². The Hall–Kier alpha value is -0.440. The fourth-order valence-corrected chi connectivity index (χ4v) is 0. The van der Waals surface area contributed by atoms with Crippen LogP contribution in [0, 0.1) is 17.8 Å². The van der Waals surface area contributed by atoms with Crippen molar-refractivity contribution >= 4 is 0 Å². The second-order valence-corrected chi connectivity index (χ2v) is 4.35. The fourth-order valence-electron chi connectivity index (χ4n) is 0. The Morgan fingerprint density at radius 3 is 0.647 bits per heavy atom. The van der Waals surface area contributed by atoms with Crippen molar-refractivity contribution in [2.24, 2.45) is 5.92 Å². The lowest BCUT2D eigenvalue weighted by atomic mass is 10.3. The highest BCUT2D eigenvalue weighted by Crippen LogP contribution is 1.81. The van der Waals surface area contributed by atoms with E-state index < -0.39 is 0 Å². The third-order valence-corrected chi connectivity index (χ3v) is 0.250. The SMILES string of the molecule is CC#CC.CC(C)C.CCC.CCC.CCC. The van der Waals surface area contributed by atoms with Gasteiger partial charge >= 0.3 is 0 Å². The third-order valence-electron chi connectivity index (χ3n) is 0.250. The van der Waals surface area contributed by atoms with Crippen LogP contribution in [0.2, 0.25) is 0 Å². The standard InChI is InChI=1S/C4H10.C4H6.3C3H8/c1-4(2)3;1-3-4-2;3*1-3-2/h4H,1-3H3;1-2H3;3*3H2,1-2H3. The molecule has 0 aliphatic carbocycles. The van der Waals surface area contributed by atoms with Crippen LogP contribution < -0.4 is 0 Å². The van der Waals surface area contributed by atoms with Crippen molar-refractivity contribution in [2.45, 2.75) is 95.4 Å². The molecule has 0 unspecified atom stereocenters. The molecule has 108 valence electrons. The molecule has 0 rings (SSSR count). The molecular weight excluding hydrogens is 204 g/mol. The first kappa shape index (κ1) is 30.0. The Labute approximate surface area is 114 Å². The molecule has 0 N–H and O–H groups in total. The lowest BCUT2D eigenvalue weighted by Gasteiger charge is -1.79. The van der Waals surface area contributed by atoms with Gasteiger partial charge in [-0.1, -0.05) is 81.6 Å². The van der Waals surface area contributed by atoms with Gasteiger partial charge in [-0.25, -0.2) is 0 Å². The van der Waals surface area contributed by atoms with Crippen molar-refractivity contribution < 1.29 is 0 Å². The van der Waals surface area contributed by atoms with E-state index in [9.17, 15) is 0 Å². The number of hydrogen-bond acceptors (Lipinski definition) is 0. The first-order chi connectivity index (χ1) is 7.89. The second-order valence-electron chi connectivity index (χ2n) is 4.35. The highest BCUT2D eigenvalue weighted by atomic mass is 13.7. The summed E-state index contributed by atoms with van der Waals surface area (Å²) in [5.41, 5.74) is 0. The third kappa shape index (κ3) is 9120. The Kier molecular flexibility index (Phi) is 102. The van der Waals surface area contributed by atoms with Gasteiger partial charge in [0.1, 0.15) is 0 Å². The van der Waals surface area contributed by atoms with Crippen molar-refractivity contribution in [1.29, 1.82) is 0 Å². The smallest absolute Gasteiger partial charge is 0.00271 e. The van der Waals surface area contributed by atoms with Crippen molar-refractivity contribution in [3.63, 3.8) is 0 Å². The van der Waals surface area contributed by atoms with Gasteiger partial charge in [-0.3, -0.25) is 0 Å². The fraction of sp³-hybridized carbons (Fsp3) is 0.882. The summed E-state index contributed by atoms with van der Waals surface area (Å²) in [5.74, 6) is 6.19. The molecule has 0 aromatic heterocycles. The molecule has 0 amide bonds. The van der Waals surface area contributed by atoms with Gasteiger partial charge in [-0.2, -0.15) is 0 Å². The largest absolute Gasteiger partial charge is 0.107 e. The van der Waals surface area contributed by atoms with E-state index in [0.717, 1.165) is 5.92 Å². The van der Waals surface area contributed by atoms with Gasteiger partial charge < -0.3 is 0 Å². The van der Waals surface area contributed by atoms with Crippen LogP contribution in [0.4, 0.5) is 0 Å². The van der Waals surface area contributed by atoms with Crippen LogP contribution in [0.5, 0.6) is 0 Å². The zero-order valence-electron chi connectivity index (χ0n) is 14.7. The first-order valence-electron chi connectivity index (χ1n) is 7.22. The monoisotopic (exact) mass is 244 g/mol. The quantitative estimate of drug-likeness (QED) is 0.405. The zero-order chi connectivity index (χ0) is 15.1. The minimum absolute atomic E-state index is 0.833. The van der Waals surface area contributed by atoms with Gasteiger partial charge in [-0.15, -0.1) is 11.8 Å². The molecule has 0 fully saturated rings. The van der Waals surface area contributed by atoms with E-state index >= 15 is 0 Å². The van der Waals surface area contributed by atoms with Crippen LogP contribution in [0.3, 0.4) is 0 Å². The molecule has 0 nitrogen and oxygen atoms in total. The first-order valence-corrected chi connectivity index (χ1v) is 7.22. The molecule has 0 atom stereocenters. The minimum Gasteiger partial charge on any atom is -0.107 e. The molecule has 0 saturated carbocycles. The van der Waals surface area contributed by atoms with E-state index in [1.54, 1.807) is 0 Å². The number of hydrogen-bond donors (Lipinski definition) is 0. The normalized spacial score (nSPS) is 6.12. The molecule has 0 aliphatic heterocycles. The van der Waals surface area contributed by atoms with Crippen LogP contribution in [0.1, 0.15) is 95.4 Å². The predicted molar refractivity (Wildman–Crippen MR) is 87.5 cm³/mol. The molecule has 0 saturated heterocycles. The molecule has 17 heavy (non-hydrogen) atoms. The average Bonchev–Trinajstić information content (AvgIpc) is 2.20. The lowest BCUT2D eigenvalue weighted by Crippen LogP contribution is -1.66. The van der Waals surface area contributed by atoms with E-state index in [1.807, 2.05) is 13.8 Å². The van der Waals surface area contributed by atoms with Crippen LogP contribution >= 0.6 is 0 Å². The van der Waals surface area contributed by atoms with Gasteiger partial charge in [0.25, 0.3) is 0 Å². The zero-order valence-corrected chi connectivity index (χ0v) is 14.7. The van der Waals surface area contributed by atoms with E-state index in [0.29, 0.717) is 0 Å². The molecule has 0 aromatic rings. The molecule has 0 heterocycles. The van der Waals surface area contributed by atoms with Crippen molar-refractivity contribution in [3.8, 4) is 11.8 Å². The second kappa shape index (κ2) is 57.7. The lowest BCUT2D eigenvalue weighted by molar-refractivity contribution is 0.737. The Balaban J connectivity index is -0.0000000356. The summed E-state index contributed by atoms with van der Waals surface area (Å²) in [6.07, 6.45) is 3.75. The van der Waals surface area contributed by atoms with E-state index in [1.165, 1.54) is 19.3 Å². The Morgan fingerprint density at radius 1 is 0.588 bits per heavy atom. The van der Waals surface area contributed by atoms with Crippen LogP contribution in [0.15, 0.2) is 0 Å². The average molecular weight is 245 g/mol. The highest BCUT2D eigenvalue weighted by molar-refractivity contribution is 4.89. The van der Waals surface area contributed by atoms with Crippen molar-refractivity contribution in [1.82, 2.24) is 0 Å². The molecule has 0 aromatic carbocycles. The van der Waals surface area contributed by atoms with E-state index in [-0.39, 0.29) is 0 Å². The summed E-state index contributed by atoms with van der Waals surface area (Å²) in [7, 11) is 0. The number of rotatable bonds is 0. The van der Waals surface area contributed by atoms with Crippen molar-refractivity contribution in [3.05, 3.63) is 0 Å². The van der Waals surface area contributed by atoms with Crippen molar-refractivity contribution in [2.75, 3.05) is 0 Å². The Bertz CT molecular complexity index is 87.4. The van der Waals surface area contributed by atoms with E-state index in [2.05, 4.69) is 74.2 Å². The molecule has 0 radical (unpaired) electrons. The van der Waals surface area contributed by atoms with Gasteiger partial charge in [0, 0.05) is 0 Å². The van der Waals surface area contributed by atoms with Gasteiger partial charge in [0.05, 0.1) is 0 Å². The minimum atomic E-state index is 0.833. The summed E-state index contributed by atoms with van der Waals surface area (Å²) in [6, 6.07) is 0. The maximum Gasteiger partial charge on any atom is -0.00271 e. The highest BCUT2D eigenvalue weighted by Gasteiger charge is 1.68. The summed E-state index contributed by atoms with van der Waals surface area (Å²) in [5, 5.41) is 0. The maximum atomic E-state index is 2.68. The van der Waals surface area contributed by atoms with E-state index in [4.69, 9.17) is 0 Å². The molecule has 0 aliphatic rings.